The number of rotatable bonds is 7. The molecule has 0 aliphatic heterocycles. The van der Waals surface area contributed by atoms with Crippen molar-refractivity contribution in [3.05, 3.63) is 65.5 Å². The Bertz CT molecular complexity index is 811. The molecule has 0 radical (unpaired) electrons. The fourth-order valence-corrected chi connectivity index (χ4v) is 6.69. The first-order chi connectivity index (χ1) is 14.1. The highest BCUT2D eigenvalue weighted by Crippen LogP contribution is 2.61. The van der Waals surface area contributed by atoms with Crippen molar-refractivity contribution >= 4 is 0 Å². The molecule has 0 aromatic heterocycles. The molecule has 4 fully saturated rings. The zero-order valence-electron chi connectivity index (χ0n) is 17.4. The van der Waals surface area contributed by atoms with Crippen molar-refractivity contribution in [2.24, 2.45) is 23.2 Å². The van der Waals surface area contributed by atoms with Gasteiger partial charge in [-0.25, -0.2) is 4.39 Å². The number of hydrogen-bond donors (Lipinski definition) is 1. The first-order valence-corrected chi connectivity index (χ1v) is 11.3. The molecule has 0 heterocycles. The lowest BCUT2D eigenvalue weighted by atomic mass is 9.48. The van der Waals surface area contributed by atoms with Crippen molar-refractivity contribution in [2.45, 2.75) is 64.6 Å². The highest BCUT2D eigenvalue weighted by Gasteiger charge is 2.52. The molecule has 0 saturated heterocycles. The van der Waals surface area contributed by atoms with Gasteiger partial charge in [0.15, 0.2) is 0 Å². The monoisotopic (exact) mass is 393 g/mol. The second-order valence-electron chi connectivity index (χ2n) is 9.95. The molecule has 3 heteroatoms. The van der Waals surface area contributed by atoms with Gasteiger partial charge in [0.05, 0.1) is 0 Å². The normalized spacial score (nSPS) is 31.0. The van der Waals surface area contributed by atoms with Crippen LogP contribution in [0.3, 0.4) is 0 Å². The van der Waals surface area contributed by atoms with Gasteiger partial charge in [-0.15, -0.1) is 0 Å². The summed E-state index contributed by atoms with van der Waals surface area (Å²) in [5.74, 6) is 3.64. The summed E-state index contributed by atoms with van der Waals surface area (Å²) in [6.07, 6.45) is 8.81. The second-order valence-corrected chi connectivity index (χ2v) is 9.95. The Labute approximate surface area is 173 Å². The molecule has 2 aromatic carbocycles. The zero-order valence-corrected chi connectivity index (χ0v) is 17.4. The van der Waals surface area contributed by atoms with Crippen LogP contribution in [-0.4, -0.2) is 6.04 Å². The molecule has 4 bridgehead atoms. The van der Waals surface area contributed by atoms with Crippen molar-refractivity contribution in [3.8, 4) is 5.75 Å². The van der Waals surface area contributed by atoms with Crippen LogP contribution in [0.15, 0.2) is 48.5 Å². The average Bonchev–Trinajstić information content (AvgIpc) is 2.71. The Morgan fingerprint density at radius 2 is 1.62 bits per heavy atom. The van der Waals surface area contributed by atoms with Crippen LogP contribution < -0.4 is 10.1 Å². The Balaban J connectivity index is 1.18. The molecule has 6 rings (SSSR count). The van der Waals surface area contributed by atoms with Gasteiger partial charge >= 0.3 is 0 Å². The molecule has 0 spiro atoms. The third kappa shape index (κ3) is 4.07. The third-order valence-electron chi connectivity index (χ3n) is 7.83. The Hall–Kier alpha value is -1.87. The van der Waals surface area contributed by atoms with E-state index in [-0.39, 0.29) is 5.82 Å². The number of benzene rings is 2. The number of nitrogens with one attached hydrogen (secondary N) is 1. The average molecular weight is 394 g/mol. The third-order valence-corrected chi connectivity index (χ3v) is 7.83. The minimum atomic E-state index is -0.213. The van der Waals surface area contributed by atoms with E-state index in [0.717, 1.165) is 35.6 Å². The van der Waals surface area contributed by atoms with Crippen LogP contribution in [0.25, 0.3) is 0 Å². The minimum absolute atomic E-state index is 0.213. The molecule has 4 aliphatic carbocycles. The molecular weight excluding hydrogens is 361 g/mol. The van der Waals surface area contributed by atoms with Gasteiger partial charge in [0, 0.05) is 12.6 Å². The van der Waals surface area contributed by atoms with Crippen molar-refractivity contribution in [3.63, 3.8) is 0 Å². The lowest BCUT2D eigenvalue weighted by molar-refractivity contribution is -0.0706. The number of halogens is 1. The summed E-state index contributed by atoms with van der Waals surface area (Å²) in [6.45, 7) is 3.76. The molecule has 29 heavy (non-hydrogen) atoms. The van der Waals surface area contributed by atoms with Crippen LogP contribution in [0.5, 0.6) is 5.75 Å². The number of ether oxygens (including phenoxy) is 1. The van der Waals surface area contributed by atoms with Crippen molar-refractivity contribution in [1.29, 1.82) is 0 Å². The topological polar surface area (TPSA) is 21.3 Å². The summed E-state index contributed by atoms with van der Waals surface area (Å²) in [5.41, 5.74) is 2.77. The van der Waals surface area contributed by atoms with Crippen LogP contribution >= 0.6 is 0 Å². The van der Waals surface area contributed by atoms with E-state index in [9.17, 15) is 4.39 Å². The molecule has 1 atom stereocenters. The molecule has 1 N–H and O–H groups in total. The van der Waals surface area contributed by atoms with Gasteiger partial charge in [0.25, 0.3) is 0 Å². The van der Waals surface area contributed by atoms with E-state index in [2.05, 4.69) is 30.4 Å². The second kappa shape index (κ2) is 7.75. The quantitative estimate of drug-likeness (QED) is 0.614. The van der Waals surface area contributed by atoms with Gasteiger partial charge in [-0.1, -0.05) is 24.3 Å². The Kier molecular flexibility index (Phi) is 5.11. The van der Waals surface area contributed by atoms with Crippen LogP contribution in [0.4, 0.5) is 4.39 Å². The van der Waals surface area contributed by atoms with Gasteiger partial charge < -0.3 is 10.1 Å². The van der Waals surface area contributed by atoms with E-state index in [4.69, 9.17) is 4.74 Å². The van der Waals surface area contributed by atoms with Crippen LogP contribution in [0, 0.1) is 29.0 Å². The summed E-state index contributed by atoms with van der Waals surface area (Å²) >= 11 is 0. The maximum atomic E-state index is 13.0. The standard InChI is InChI=1S/C26H32FNO/c1-18(26-13-21-9-22(14-26)11-23(10-21)15-26)28-16-20-3-2-4-25(12-20)29-17-19-5-7-24(27)8-6-19/h2-8,12,18,21-23,28H,9-11,13-17H2,1H3/t18-,21?,22?,23?,26?/m1/s1. The van der Waals surface area contributed by atoms with E-state index in [0.29, 0.717) is 18.1 Å². The van der Waals surface area contributed by atoms with Gasteiger partial charge in [0.2, 0.25) is 0 Å². The van der Waals surface area contributed by atoms with E-state index in [1.807, 2.05) is 6.07 Å². The van der Waals surface area contributed by atoms with Crippen LogP contribution in [-0.2, 0) is 13.2 Å². The maximum Gasteiger partial charge on any atom is 0.123 e. The Morgan fingerprint density at radius 3 is 2.28 bits per heavy atom. The molecule has 154 valence electrons. The molecular formula is C26H32FNO. The molecule has 0 unspecified atom stereocenters. The summed E-state index contributed by atoms with van der Waals surface area (Å²) in [4.78, 5) is 0. The van der Waals surface area contributed by atoms with Crippen molar-refractivity contribution in [1.82, 2.24) is 5.32 Å². The van der Waals surface area contributed by atoms with E-state index in [1.165, 1.54) is 56.2 Å². The minimum Gasteiger partial charge on any atom is -0.489 e. The zero-order chi connectivity index (χ0) is 19.8. The summed E-state index contributed by atoms with van der Waals surface area (Å²) in [6, 6.07) is 15.4. The smallest absolute Gasteiger partial charge is 0.123 e. The van der Waals surface area contributed by atoms with Crippen molar-refractivity contribution < 1.29 is 9.13 Å². The SMILES string of the molecule is C[C@@H](NCc1cccc(OCc2ccc(F)cc2)c1)C12CC3CC(CC(C3)C1)C2. The Morgan fingerprint density at radius 1 is 0.966 bits per heavy atom. The summed E-state index contributed by atoms with van der Waals surface area (Å²) in [5, 5.41) is 3.87. The van der Waals surface area contributed by atoms with Gasteiger partial charge in [0.1, 0.15) is 18.2 Å². The molecule has 4 saturated carbocycles. The lowest BCUT2D eigenvalue weighted by Gasteiger charge is -2.59. The van der Waals surface area contributed by atoms with Gasteiger partial charge in [-0.2, -0.15) is 0 Å². The molecule has 2 aromatic rings. The van der Waals surface area contributed by atoms with Crippen LogP contribution in [0.1, 0.15) is 56.6 Å². The van der Waals surface area contributed by atoms with E-state index in [1.54, 1.807) is 12.1 Å². The van der Waals surface area contributed by atoms with E-state index >= 15 is 0 Å². The molecule has 0 amide bonds. The first kappa shape index (κ1) is 19.1. The maximum absolute atomic E-state index is 13.0. The van der Waals surface area contributed by atoms with Crippen molar-refractivity contribution in [2.75, 3.05) is 0 Å². The summed E-state index contributed by atoms with van der Waals surface area (Å²) < 4.78 is 19.0. The first-order valence-electron chi connectivity index (χ1n) is 11.3. The highest BCUT2D eigenvalue weighted by molar-refractivity contribution is 5.29. The summed E-state index contributed by atoms with van der Waals surface area (Å²) in [7, 11) is 0. The predicted octanol–water partition coefficient (Wildman–Crippen LogP) is 6.10. The predicted molar refractivity (Wildman–Crippen MR) is 114 cm³/mol. The fourth-order valence-electron chi connectivity index (χ4n) is 6.69. The van der Waals surface area contributed by atoms with Gasteiger partial charge in [-0.3, -0.25) is 0 Å². The molecule has 4 aliphatic rings. The van der Waals surface area contributed by atoms with Crippen LogP contribution in [0.2, 0.25) is 0 Å². The fraction of sp³-hybridized carbons (Fsp3) is 0.538. The largest absolute Gasteiger partial charge is 0.489 e. The lowest BCUT2D eigenvalue weighted by Crippen LogP contribution is -2.54. The number of hydrogen-bond acceptors (Lipinski definition) is 2. The highest BCUT2D eigenvalue weighted by atomic mass is 19.1. The van der Waals surface area contributed by atoms with Gasteiger partial charge in [-0.05, 0) is 104 Å². The van der Waals surface area contributed by atoms with E-state index < -0.39 is 0 Å². The molecule has 2 nitrogen and oxygen atoms in total.